The van der Waals surface area contributed by atoms with E-state index in [2.05, 4.69) is 10.6 Å². The van der Waals surface area contributed by atoms with Crippen molar-refractivity contribution in [3.05, 3.63) is 0 Å². The van der Waals surface area contributed by atoms with E-state index in [0.717, 1.165) is 0 Å². The summed E-state index contributed by atoms with van der Waals surface area (Å²) in [6, 6.07) is -0.472. The van der Waals surface area contributed by atoms with Gasteiger partial charge in [0, 0.05) is 19.0 Å². The standard InChI is InChI=1S/C11H22N2O3/c1-7(2)10(11(15)16)12-6-5-9(14)13-8(3)4/h7-8,10,12H,5-6H2,1-4H3,(H,13,14)(H,15,16). The molecule has 0 rings (SSSR count). The third-order valence-corrected chi connectivity index (χ3v) is 2.10. The predicted molar refractivity (Wildman–Crippen MR) is 62.2 cm³/mol. The van der Waals surface area contributed by atoms with Gasteiger partial charge in [0.15, 0.2) is 0 Å². The van der Waals surface area contributed by atoms with Crippen LogP contribution in [-0.2, 0) is 9.59 Å². The lowest BCUT2D eigenvalue weighted by atomic mass is 10.0. The molecule has 1 amide bonds. The molecule has 0 saturated carbocycles. The summed E-state index contributed by atoms with van der Waals surface area (Å²) in [6.07, 6.45) is 0.300. The van der Waals surface area contributed by atoms with Crippen LogP contribution >= 0.6 is 0 Å². The van der Waals surface area contributed by atoms with Crippen LogP contribution in [0.15, 0.2) is 0 Å². The van der Waals surface area contributed by atoms with E-state index >= 15 is 0 Å². The van der Waals surface area contributed by atoms with Crippen molar-refractivity contribution in [3.8, 4) is 0 Å². The average Bonchev–Trinajstić information content (AvgIpc) is 2.09. The molecule has 0 aliphatic carbocycles. The molecule has 0 aromatic carbocycles. The van der Waals surface area contributed by atoms with Crippen molar-refractivity contribution < 1.29 is 14.7 Å². The summed E-state index contributed by atoms with van der Waals surface area (Å²) in [6.45, 7) is 7.83. The minimum absolute atomic E-state index is 0.00524. The van der Waals surface area contributed by atoms with Crippen molar-refractivity contribution in [2.24, 2.45) is 5.92 Å². The van der Waals surface area contributed by atoms with Gasteiger partial charge in [-0.25, -0.2) is 0 Å². The Morgan fingerprint density at radius 1 is 1.19 bits per heavy atom. The van der Waals surface area contributed by atoms with E-state index in [9.17, 15) is 9.59 Å². The number of aliphatic carboxylic acids is 1. The Balaban J connectivity index is 3.87. The van der Waals surface area contributed by atoms with E-state index in [1.165, 1.54) is 0 Å². The lowest BCUT2D eigenvalue weighted by Gasteiger charge is -2.17. The first-order valence-corrected chi connectivity index (χ1v) is 5.60. The highest BCUT2D eigenvalue weighted by atomic mass is 16.4. The average molecular weight is 230 g/mol. The van der Waals surface area contributed by atoms with Crippen molar-refractivity contribution in [2.75, 3.05) is 6.54 Å². The van der Waals surface area contributed by atoms with Crippen molar-refractivity contribution >= 4 is 11.9 Å². The van der Waals surface area contributed by atoms with Gasteiger partial charge in [-0.2, -0.15) is 0 Å². The van der Waals surface area contributed by atoms with E-state index < -0.39 is 12.0 Å². The fraction of sp³-hybridized carbons (Fsp3) is 0.818. The zero-order chi connectivity index (χ0) is 12.7. The van der Waals surface area contributed by atoms with Gasteiger partial charge in [0.1, 0.15) is 6.04 Å². The van der Waals surface area contributed by atoms with Crippen molar-refractivity contribution in [2.45, 2.75) is 46.2 Å². The van der Waals surface area contributed by atoms with Gasteiger partial charge >= 0.3 is 5.97 Å². The molecule has 0 fully saturated rings. The van der Waals surface area contributed by atoms with E-state index in [1.54, 1.807) is 0 Å². The number of carbonyl (C=O) groups is 2. The van der Waals surface area contributed by atoms with Gasteiger partial charge in [-0.05, 0) is 19.8 Å². The minimum Gasteiger partial charge on any atom is -0.480 e. The molecular formula is C11H22N2O3. The zero-order valence-corrected chi connectivity index (χ0v) is 10.4. The number of hydrogen-bond donors (Lipinski definition) is 3. The van der Waals surface area contributed by atoms with Crippen molar-refractivity contribution in [1.82, 2.24) is 10.6 Å². The first-order chi connectivity index (χ1) is 7.34. The van der Waals surface area contributed by atoms with Gasteiger partial charge < -0.3 is 15.7 Å². The summed E-state index contributed by atoms with van der Waals surface area (Å²) in [5.74, 6) is -0.930. The lowest BCUT2D eigenvalue weighted by Crippen LogP contribution is -2.42. The molecule has 1 atom stereocenters. The SMILES string of the molecule is CC(C)NC(=O)CCNC(C(=O)O)C(C)C. The van der Waals surface area contributed by atoms with Gasteiger partial charge in [0.05, 0.1) is 0 Å². The molecule has 16 heavy (non-hydrogen) atoms. The maximum atomic E-state index is 11.3. The summed E-state index contributed by atoms with van der Waals surface area (Å²) in [5, 5.41) is 14.5. The maximum absolute atomic E-state index is 11.3. The number of amides is 1. The highest BCUT2D eigenvalue weighted by molar-refractivity contribution is 5.76. The fourth-order valence-electron chi connectivity index (χ4n) is 1.34. The fourth-order valence-corrected chi connectivity index (χ4v) is 1.34. The Kier molecular flexibility index (Phi) is 6.72. The topological polar surface area (TPSA) is 78.4 Å². The molecule has 0 bridgehead atoms. The van der Waals surface area contributed by atoms with Crippen LogP contribution < -0.4 is 10.6 Å². The monoisotopic (exact) mass is 230 g/mol. The number of carboxylic acid groups (broad SMARTS) is 1. The number of rotatable bonds is 7. The highest BCUT2D eigenvalue weighted by Crippen LogP contribution is 2.01. The molecule has 1 unspecified atom stereocenters. The first kappa shape index (κ1) is 14.9. The van der Waals surface area contributed by atoms with Crippen LogP contribution in [0.4, 0.5) is 0 Å². The van der Waals surface area contributed by atoms with Gasteiger partial charge in [-0.15, -0.1) is 0 Å². The minimum atomic E-state index is -0.876. The van der Waals surface area contributed by atoms with Crippen LogP contribution in [0.25, 0.3) is 0 Å². The normalized spacial score (nSPS) is 12.9. The molecule has 94 valence electrons. The van der Waals surface area contributed by atoms with Crippen LogP contribution in [-0.4, -0.2) is 35.6 Å². The van der Waals surface area contributed by atoms with E-state index in [4.69, 9.17) is 5.11 Å². The van der Waals surface area contributed by atoms with Gasteiger partial charge in [0.25, 0.3) is 0 Å². The second-order valence-corrected chi connectivity index (χ2v) is 4.49. The Bertz CT molecular complexity index is 239. The van der Waals surface area contributed by atoms with E-state index in [0.29, 0.717) is 13.0 Å². The number of carboxylic acids is 1. The lowest BCUT2D eigenvalue weighted by molar-refractivity contribution is -0.140. The molecule has 0 spiro atoms. The number of hydrogen-bond acceptors (Lipinski definition) is 3. The summed E-state index contributed by atoms with van der Waals surface area (Å²) in [7, 11) is 0. The zero-order valence-electron chi connectivity index (χ0n) is 10.4. The molecule has 5 heteroatoms. The van der Waals surface area contributed by atoms with Crippen molar-refractivity contribution in [3.63, 3.8) is 0 Å². The second kappa shape index (κ2) is 7.22. The third kappa shape index (κ3) is 6.40. The first-order valence-electron chi connectivity index (χ1n) is 5.60. The molecule has 0 heterocycles. The largest absolute Gasteiger partial charge is 0.480 e. The molecule has 3 N–H and O–H groups in total. The summed E-state index contributed by atoms with van der Waals surface area (Å²) in [4.78, 5) is 22.1. The second-order valence-electron chi connectivity index (χ2n) is 4.49. The smallest absolute Gasteiger partial charge is 0.320 e. The van der Waals surface area contributed by atoms with Crippen LogP contribution in [0.1, 0.15) is 34.1 Å². The highest BCUT2D eigenvalue weighted by Gasteiger charge is 2.20. The molecule has 0 aliphatic rings. The Hall–Kier alpha value is -1.10. The number of nitrogens with one attached hydrogen (secondary N) is 2. The molecular weight excluding hydrogens is 208 g/mol. The summed E-state index contributed by atoms with van der Waals surface area (Å²) >= 11 is 0. The molecule has 0 aromatic heterocycles. The Morgan fingerprint density at radius 3 is 2.12 bits per heavy atom. The molecule has 0 radical (unpaired) electrons. The third-order valence-electron chi connectivity index (χ3n) is 2.10. The number of carbonyl (C=O) groups excluding carboxylic acids is 1. The van der Waals surface area contributed by atoms with E-state index in [1.807, 2.05) is 27.7 Å². The van der Waals surface area contributed by atoms with Crippen LogP contribution in [0, 0.1) is 5.92 Å². The molecule has 5 nitrogen and oxygen atoms in total. The Morgan fingerprint density at radius 2 is 1.75 bits per heavy atom. The van der Waals surface area contributed by atoms with Gasteiger partial charge in [0.2, 0.25) is 5.91 Å². The molecule has 0 aromatic rings. The van der Waals surface area contributed by atoms with Crippen LogP contribution in [0.3, 0.4) is 0 Å². The Labute approximate surface area is 96.6 Å². The van der Waals surface area contributed by atoms with Crippen molar-refractivity contribution in [1.29, 1.82) is 0 Å². The maximum Gasteiger partial charge on any atom is 0.320 e. The predicted octanol–water partition coefficient (Wildman–Crippen LogP) is 0.600. The summed E-state index contributed by atoms with van der Waals surface area (Å²) < 4.78 is 0. The van der Waals surface area contributed by atoms with Crippen LogP contribution in [0.2, 0.25) is 0 Å². The molecule has 0 aliphatic heterocycles. The molecule has 0 saturated heterocycles. The van der Waals surface area contributed by atoms with E-state index in [-0.39, 0.29) is 17.9 Å². The quantitative estimate of drug-likeness (QED) is 0.598. The van der Waals surface area contributed by atoms with Gasteiger partial charge in [-0.3, -0.25) is 9.59 Å². The van der Waals surface area contributed by atoms with Crippen LogP contribution in [0.5, 0.6) is 0 Å². The van der Waals surface area contributed by atoms with Gasteiger partial charge in [-0.1, -0.05) is 13.8 Å². The summed E-state index contributed by atoms with van der Waals surface area (Å²) in [5.41, 5.74) is 0.